The minimum atomic E-state index is -0.812. The number of amides is 1. The van der Waals surface area contributed by atoms with Crippen LogP contribution < -0.4 is 10.0 Å². The number of ketones is 1. The van der Waals surface area contributed by atoms with Crippen molar-refractivity contribution in [3.63, 3.8) is 0 Å². The largest absolute Gasteiger partial charge is 0.868 e. The SMILES string of the molecule is CC[NH+](CC)CCCN1C(=O)C([O-])=C(C(=O)c2sc(C)nc2C)C1c1ccc(C(=O)OC)cc1. The van der Waals surface area contributed by atoms with Gasteiger partial charge in [-0.1, -0.05) is 12.1 Å². The zero-order valence-electron chi connectivity index (χ0n) is 20.3. The van der Waals surface area contributed by atoms with Crippen molar-refractivity contribution in [2.45, 2.75) is 40.2 Å². The Bertz CT molecular complexity index is 1100. The van der Waals surface area contributed by atoms with E-state index in [9.17, 15) is 19.5 Å². The Morgan fingerprint density at radius 3 is 2.35 bits per heavy atom. The monoisotopic (exact) mass is 485 g/mol. The topological polar surface area (TPSA) is 104 Å². The van der Waals surface area contributed by atoms with E-state index < -0.39 is 29.5 Å². The van der Waals surface area contributed by atoms with E-state index in [-0.39, 0.29) is 5.57 Å². The molecular formula is C25H31N3O5S. The molecular weight excluding hydrogens is 454 g/mol. The van der Waals surface area contributed by atoms with Crippen LogP contribution in [0.5, 0.6) is 0 Å². The molecule has 0 aliphatic carbocycles. The van der Waals surface area contributed by atoms with Crippen molar-refractivity contribution in [2.24, 2.45) is 0 Å². The van der Waals surface area contributed by atoms with Crippen molar-refractivity contribution in [3.8, 4) is 0 Å². The van der Waals surface area contributed by atoms with Crippen LogP contribution in [0.3, 0.4) is 0 Å². The average Bonchev–Trinajstić information content (AvgIpc) is 3.31. The first-order valence-electron chi connectivity index (χ1n) is 11.5. The van der Waals surface area contributed by atoms with Crippen LogP contribution in [0, 0.1) is 13.8 Å². The minimum Gasteiger partial charge on any atom is -0.868 e. The van der Waals surface area contributed by atoms with Crippen LogP contribution in [-0.4, -0.2) is 60.8 Å². The zero-order chi connectivity index (χ0) is 25.0. The molecule has 1 aliphatic rings. The number of benzene rings is 1. The molecule has 34 heavy (non-hydrogen) atoms. The van der Waals surface area contributed by atoms with Crippen molar-refractivity contribution in [1.82, 2.24) is 9.88 Å². The fraction of sp³-hybridized carbons (Fsp3) is 0.440. The van der Waals surface area contributed by atoms with Gasteiger partial charge in [-0.2, -0.15) is 0 Å². The van der Waals surface area contributed by atoms with Crippen LogP contribution in [-0.2, 0) is 9.53 Å². The number of esters is 1. The third-order valence-corrected chi connectivity index (χ3v) is 7.29. The van der Waals surface area contributed by atoms with Crippen LogP contribution in [0.1, 0.15) is 62.6 Å². The molecule has 1 aliphatic heterocycles. The molecule has 0 saturated heterocycles. The summed E-state index contributed by atoms with van der Waals surface area (Å²) in [5.74, 6) is -2.38. The molecule has 1 aromatic heterocycles. The maximum atomic E-state index is 13.5. The molecule has 9 heteroatoms. The molecule has 3 rings (SSSR count). The Balaban J connectivity index is 2.00. The second-order valence-corrected chi connectivity index (χ2v) is 9.50. The molecule has 182 valence electrons. The van der Waals surface area contributed by atoms with E-state index in [1.54, 1.807) is 38.1 Å². The van der Waals surface area contributed by atoms with E-state index in [0.29, 0.717) is 34.7 Å². The van der Waals surface area contributed by atoms with Crippen molar-refractivity contribution >= 4 is 29.0 Å². The number of carbonyl (C=O) groups is 3. The van der Waals surface area contributed by atoms with Gasteiger partial charge in [0.1, 0.15) is 0 Å². The molecule has 1 N–H and O–H groups in total. The van der Waals surface area contributed by atoms with Gasteiger partial charge in [0.2, 0.25) is 11.7 Å². The van der Waals surface area contributed by atoms with E-state index in [1.807, 2.05) is 0 Å². The highest BCUT2D eigenvalue weighted by Crippen LogP contribution is 2.39. The van der Waals surface area contributed by atoms with Crippen LogP contribution in [0.2, 0.25) is 0 Å². The van der Waals surface area contributed by atoms with Gasteiger partial charge in [0.25, 0.3) is 0 Å². The lowest BCUT2D eigenvalue weighted by molar-refractivity contribution is -0.896. The summed E-state index contributed by atoms with van der Waals surface area (Å²) in [7, 11) is 1.30. The molecule has 0 saturated carbocycles. The lowest BCUT2D eigenvalue weighted by Crippen LogP contribution is -3.11. The number of nitrogens with one attached hydrogen (secondary N) is 1. The molecule has 2 aromatic rings. The number of thiazole rings is 1. The summed E-state index contributed by atoms with van der Waals surface area (Å²) < 4.78 is 4.76. The third-order valence-electron chi connectivity index (χ3n) is 6.22. The maximum absolute atomic E-state index is 13.5. The minimum absolute atomic E-state index is 0.0576. The molecule has 1 unspecified atom stereocenters. The van der Waals surface area contributed by atoms with Crippen molar-refractivity contribution in [2.75, 3.05) is 33.3 Å². The highest BCUT2D eigenvalue weighted by molar-refractivity contribution is 7.14. The van der Waals surface area contributed by atoms with E-state index >= 15 is 0 Å². The summed E-state index contributed by atoms with van der Waals surface area (Å²) in [5.41, 5.74) is 1.44. The molecule has 1 aromatic carbocycles. The van der Waals surface area contributed by atoms with E-state index in [4.69, 9.17) is 4.74 Å². The first kappa shape index (κ1) is 25.6. The predicted molar refractivity (Wildman–Crippen MR) is 127 cm³/mol. The number of methoxy groups -OCH3 is 1. The first-order chi connectivity index (χ1) is 16.2. The van der Waals surface area contributed by atoms with Crippen molar-refractivity contribution < 1.29 is 29.1 Å². The number of nitrogens with zero attached hydrogens (tertiary/aromatic N) is 2. The van der Waals surface area contributed by atoms with Crippen molar-refractivity contribution in [1.29, 1.82) is 0 Å². The van der Waals surface area contributed by atoms with E-state index in [0.717, 1.165) is 24.6 Å². The average molecular weight is 486 g/mol. The Morgan fingerprint density at radius 2 is 1.82 bits per heavy atom. The standard InChI is InChI=1S/C25H31N3O5S/c1-6-27(7-2)13-8-14-28-20(17-9-11-18(12-10-17)25(32)33-5)19(22(30)24(28)31)21(29)23-15(3)26-16(4)34-23/h9-12,20,30H,6-8,13-14H2,1-5H3. The van der Waals surface area contributed by atoms with Gasteiger partial charge in [0, 0.05) is 18.5 Å². The zero-order valence-corrected chi connectivity index (χ0v) is 21.1. The summed E-state index contributed by atoms with van der Waals surface area (Å²) in [5, 5.41) is 13.8. The van der Waals surface area contributed by atoms with Crippen LogP contribution in [0.15, 0.2) is 35.6 Å². The fourth-order valence-electron chi connectivity index (χ4n) is 4.33. The van der Waals surface area contributed by atoms with Gasteiger partial charge in [-0.05, 0) is 51.2 Å². The number of aryl methyl sites for hydroxylation is 2. The number of rotatable bonds is 10. The third kappa shape index (κ3) is 5.05. The lowest BCUT2D eigenvalue weighted by atomic mass is 9.94. The second-order valence-electron chi connectivity index (χ2n) is 8.29. The predicted octanol–water partition coefficient (Wildman–Crippen LogP) is 1.24. The highest BCUT2D eigenvalue weighted by Gasteiger charge is 2.40. The number of aromatic nitrogens is 1. The maximum Gasteiger partial charge on any atom is 0.337 e. The number of hydrogen-bond donors (Lipinski definition) is 1. The van der Waals surface area contributed by atoms with Crippen LogP contribution in [0.25, 0.3) is 0 Å². The van der Waals surface area contributed by atoms with Gasteiger partial charge in [-0.15, -0.1) is 11.3 Å². The Morgan fingerprint density at radius 1 is 1.18 bits per heavy atom. The summed E-state index contributed by atoms with van der Waals surface area (Å²) in [6.07, 6.45) is 0.701. The van der Waals surface area contributed by atoms with Gasteiger partial charge in [0.05, 0.1) is 53.9 Å². The lowest BCUT2D eigenvalue weighted by Gasteiger charge is -2.28. The van der Waals surface area contributed by atoms with E-state index in [2.05, 4.69) is 18.8 Å². The molecule has 0 bridgehead atoms. The molecule has 2 heterocycles. The van der Waals surface area contributed by atoms with Crippen LogP contribution >= 0.6 is 11.3 Å². The Hall–Kier alpha value is -3.04. The number of carbonyl (C=O) groups excluding carboxylic acids is 3. The smallest absolute Gasteiger partial charge is 0.337 e. The fourth-order valence-corrected chi connectivity index (χ4v) is 5.21. The highest BCUT2D eigenvalue weighted by atomic mass is 32.1. The Labute approximate surface area is 203 Å². The number of ether oxygens (including phenoxy) is 1. The van der Waals surface area contributed by atoms with Crippen molar-refractivity contribution in [3.05, 3.63) is 62.3 Å². The molecule has 1 atom stereocenters. The van der Waals surface area contributed by atoms with Gasteiger partial charge < -0.3 is 19.6 Å². The number of hydrogen-bond acceptors (Lipinski definition) is 7. The molecule has 0 fully saturated rings. The normalized spacial score (nSPS) is 16.0. The summed E-state index contributed by atoms with van der Waals surface area (Å²) >= 11 is 1.22. The molecule has 1 amide bonds. The molecule has 8 nitrogen and oxygen atoms in total. The molecule has 0 spiro atoms. The summed E-state index contributed by atoms with van der Waals surface area (Å²) in [6.45, 7) is 10.9. The summed E-state index contributed by atoms with van der Waals surface area (Å²) in [6, 6.07) is 5.69. The second kappa shape index (κ2) is 10.9. The quantitative estimate of drug-likeness (QED) is 0.401. The molecule has 0 radical (unpaired) electrons. The number of Topliss-reactive ketones (excluding diaryl/α,β-unsaturated/α-hetero) is 1. The van der Waals surface area contributed by atoms with Gasteiger partial charge in [-0.3, -0.25) is 9.59 Å². The van der Waals surface area contributed by atoms with Gasteiger partial charge in [-0.25, -0.2) is 9.78 Å². The Kier molecular flexibility index (Phi) is 8.22. The van der Waals surface area contributed by atoms with E-state index in [1.165, 1.54) is 28.2 Å². The number of quaternary nitrogens is 1. The van der Waals surface area contributed by atoms with Gasteiger partial charge in [0.15, 0.2) is 0 Å². The first-order valence-corrected chi connectivity index (χ1v) is 12.3. The van der Waals surface area contributed by atoms with Crippen LogP contribution in [0.4, 0.5) is 0 Å². The summed E-state index contributed by atoms with van der Waals surface area (Å²) in [4.78, 5) is 46.0. The van der Waals surface area contributed by atoms with Gasteiger partial charge >= 0.3 is 5.97 Å².